The first-order chi connectivity index (χ1) is 15.1. The Morgan fingerprint density at radius 3 is 2.13 bits per heavy atom. The van der Waals surface area contributed by atoms with Crippen LogP contribution in [0, 0.1) is 5.92 Å². The first kappa shape index (κ1) is 21.2. The van der Waals surface area contributed by atoms with Gasteiger partial charge in [-0.1, -0.05) is 30.3 Å². The van der Waals surface area contributed by atoms with Gasteiger partial charge in [-0.25, -0.2) is 4.79 Å². The molecule has 0 spiro atoms. The molecule has 2 aromatic carbocycles. The third kappa shape index (κ3) is 4.68. The number of methoxy groups -OCH3 is 2. The lowest BCUT2D eigenvalue weighted by Crippen LogP contribution is -2.55. The zero-order valence-corrected chi connectivity index (χ0v) is 18.1. The molecule has 164 valence electrons. The maximum atomic E-state index is 13.3. The number of carbonyl (C=O) groups excluding carboxylic acids is 2. The summed E-state index contributed by atoms with van der Waals surface area (Å²) in [6, 6.07) is 15.1. The van der Waals surface area contributed by atoms with Crippen LogP contribution in [0.2, 0.25) is 0 Å². The van der Waals surface area contributed by atoms with Gasteiger partial charge in [0.05, 0.1) is 14.2 Å². The smallest absolute Gasteiger partial charge is 0.410 e. The average molecular weight is 424 g/mol. The molecule has 6 nitrogen and oxygen atoms in total. The highest BCUT2D eigenvalue weighted by Crippen LogP contribution is 2.39. The molecule has 2 heterocycles. The zero-order valence-electron chi connectivity index (χ0n) is 18.1. The fourth-order valence-corrected chi connectivity index (χ4v) is 4.87. The molecule has 0 aromatic heterocycles. The molecule has 31 heavy (non-hydrogen) atoms. The van der Waals surface area contributed by atoms with E-state index in [0.717, 1.165) is 24.8 Å². The van der Waals surface area contributed by atoms with Crippen molar-refractivity contribution in [3.63, 3.8) is 0 Å². The molecule has 2 bridgehead atoms. The Balaban J connectivity index is 1.45. The number of benzene rings is 2. The molecule has 2 atom stereocenters. The van der Waals surface area contributed by atoms with Crippen LogP contribution in [0.25, 0.3) is 0 Å². The number of hydrogen-bond donors (Lipinski definition) is 0. The number of Topliss-reactive ketones (excluding diaryl/α,β-unsaturated/α-hetero) is 1. The van der Waals surface area contributed by atoms with E-state index in [1.807, 2.05) is 35.2 Å². The normalized spacial score (nSPS) is 22.5. The van der Waals surface area contributed by atoms with Crippen molar-refractivity contribution >= 4 is 11.9 Å². The molecule has 0 N–H and O–H groups in total. The Hall–Kier alpha value is -3.02. The van der Waals surface area contributed by atoms with Gasteiger partial charge in [-0.05, 0) is 49.8 Å². The van der Waals surface area contributed by atoms with Crippen LogP contribution in [0.15, 0.2) is 48.5 Å². The molecule has 2 fully saturated rings. The molecule has 0 saturated carbocycles. The Bertz CT molecular complexity index is 893. The highest BCUT2D eigenvalue weighted by Gasteiger charge is 2.43. The third-order valence-electron chi connectivity index (χ3n) is 6.40. The van der Waals surface area contributed by atoms with E-state index in [0.29, 0.717) is 29.9 Å². The predicted octanol–water partition coefficient (Wildman–Crippen LogP) is 4.86. The summed E-state index contributed by atoms with van der Waals surface area (Å²) in [6.45, 7) is 0.265. The molecule has 6 heteroatoms. The van der Waals surface area contributed by atoms with Gasteiger partial charge in [-0.2, -0.15) is 0 Å². The maximum Gasteiger partial charge on any atom is 0.410 e. The van der Waals surface area contributed by atoms with Gasteiger partial charge in [0.25, 0.3) is 0 Å². The highest BCUT2D eigenvalue weighted by molar-refractivity contribution is 5.98. The number of amides is 1. The predicted molar refractivity (Wildman–Crippen MR) is 116 cm³/mol. The second-order valence-corrected chi connectivity index (χ2v) is 8.32. The van der Waals surface area contributed by atoms with Gasteiger partial charge < -0.3 is 19.1 Å². The van der Waals surface area contributed by atoms with Crippen molar-refractivity contribution in [2.75, 3.05) is 14.2 Å². The number of rotatable bonds is 6. The average Bonchev–Trinajstić information content (AvgIpc) is 2.81. The van der Waals surface area contributed by atoms with E-state index < -0.39 is 0 Å². The van der Waals surface area contributed by atoms with Crippen LogP contribution in [-0.4, -0.2) is 43.1 Å². The van der Waals surface area contributed by atoms with Crippen LogP contribution >= 0.6 is 0 Å². The van der Waals surface area contributed by atoms with Crippen LogP contribution < -0.4 is 9.47 Å². The summed E-state index contributed by atoms with van der Waals surface area (Å²) in [5.41, 5.74) is 1.57. The third-order valence-corrected chi connectivity index (χ3v) is 6.40. The van der Waals surface area contributed by atoms with Gasteiger partial charge in [0, 0.05) is 29.6 Å². The lowest BCUT2D eigenvalue weighted by molar-refractivity contribution is 0.00472. The van der Waals surface area contributed by atoms with Gasteiger partial charge in [-0.3, -0.25) is 4.79 Å². The first-order valence-electron chi connectivity index (χ1n) is 10.9. The quantitative estimate of drug-likeness (QED) is 0.621. The van der Waals surface area contributed by atoms with Crippen molar-refractivity contribution in [1.29, 1.82) is 0 Å². The number of hydrogen-bond acceptors (Lipinski definition) is 5. The summed E-state index contributed by atoms with van der Waals surface area (Å²) in [6.07, 6.45) is 3.94. The minimum absolute atomic E-state index is 0.0391. The van der Waals surface area contributed by atoms with Crippen LogP contribution in [0.4, 0.5) is 4.79 Å². The van der Waals surface area contributed by atoms with Crippen LogP contribution in [0.5, 0.6) is 11.5 Å². The fraction of sp³-hybridized carbons (Fsp3) is 0.440. The number of ether oxygens (including phenoxy) is 3. The lowest BCUT2D eigenvalue weighted by atomic mass is 9.76. The summed E-state index contributed by atoms with van der Waals surface area (Å²) < 4.78 is 16.3. The monoisotopic (exact) mass is 423 g/mol. The van der Waals surface area contributed by atoms with E-state index >= 15 is 0 Å². The Morgan fingerprint density at radius 1 is 0.935 bits per heavy atom. The largest absolute Gasteiger partial charge is 0.497 e. The fourth-order valence-electron chi connectivity index (χ4n) is 4.87. The summed E-state index contributed by atoms with van der Waals surface area (Å²) in [5.74, 6) is 1.17. The van der Waals surface area contributed by atoms with Gasteiger partial charge in [0.2, 0.25) is 0 Å². The lowest BCUT2D eigenvalue weighted by Gasteiger charge is -2.47. The van der Waals surface area contributed by atoms with Crippen LogP contribution in [-0.2, 0) is 11.3 Å². The summed E-state index contributed by atoms with van der Waals surface area (Å²) in [5, 5.41) is 0. The van der Waals surface area contributed by atoms with Gasteiger partial charge in [0.15, 0.2) is 5.78 Å². The number of carbonyl (C=O) groups is 2. The van der Waals surface area contributed by atoms with Gasteiger partial charge in [-0.15, -0.1) is 0 Å². The number of fused-ring (bicyclic) bond motifs is 2. The Kier molecular flexibility index (Phi) is 6.44. The molecular formula is C25H29NO5. The van der Waals surface area contributed by atoms with Crippen molar-refractivity contribution in [2.45, 2.75) is 50.8 Å². The van der Waals surface area contributed by atoms with Crippen molar-refractivity contribution in [1.82, 2.24) is 4.90 Å². The molecule has 2 saturated heterocycles. The zero-order chi connectivity index (χ0) is 21.8. The van der Waals surface area contributed by atoms with E-state index in [1.165, 1.54) is 0 Å². The highest BCUT2D eigenvalue weighted by atomic mass is 16.6. The standard InChI is InChI=1S/C25H29NO5/c1-29-22-13-19(14-23(15-22)30-2)24(27)18-11-20-9-6-10-21(12-18)26(20)25(28)31-16-17-7-4-3-5-8-17/h3-5,7-8,13-15,18,20-21H,6,9-12,16H2,1-2H3. The van der Waals surface area contributed by atoms with E-state index in [4.69, 9.17) is 14.2 Å². The van der Waals surface area contributed by atoms with Crippen molar-refractivity contribution in [2.24, 2.45) is 5.92 Å². The van der Waals surface area contributed by atoms with Crippen molar-refractivity contribution in [3.05, 3.63) is 59.7 Å². The molecule has 2 aliphatic heterocycles. The summed E-state index contributed by atoms with van der Waals surface area (Å²) >= 11 is 0. The Morgan fingerprint density at radius 2 is 1.55 bits per heavy atom. The van der Waals surface area contributed by atoms with Crippen molar-refractivity contribution in [3.8, 4) is 11.5 Å². The number of ketones is 1. The summed E-state index contributed by atoms with van der Waals surface area (Å²) in [7, 11) is 3.15. The molecular weight excluding hydrogens is 394 g/mol. The molecule has 2 aliphatic rings. The minimum atomic E-state index is -0.271. The number of nitrogens with zero attached hydrogens (tertiary/aromatic N) is 1. The van der Waals surface area contributed by atoms with Crippen molar-refractivity contribution < 1.29 is 23.8 Å². The summed E-state index contributed by atoms with van der Waals surface area (Å²) in [4.78, 5) is 28.1. The van der Waals surface area contributed by atoms with Crippen LogP contribution in [0.3, 0.4) is 0 Å². The first-order valence-corrected chi connectivity index (χ1v) is 10.9. The van der Waals surface area contributed by atoms with Gasteiger partial charge >= 0.3 is 6.09 Å². The molecule has 1 amide bonds. The van der Waals surface area contributed by atoms with E-state index in [1.54, 1.807) is 32.4 Å². The molecule has 2 unspecified atom stereocenters. The topological polar surface area (TPSA) is 65.1 Å². The molecule has 0 aliphatic carbocycles. The SMILES string of the molecule is COc1cc(OC)cc(C(=O)C2CC3CCCC(C2)N3C(=O)OCc2ccccc2)c1. The Labute approximate surface area is 183 Å². The van der Waals surface area contributed by atoms with E-state index in [2.05, 4.69) is 0 Å². The van der Waals surface area contributed by atoms with E-state index in [9.17, 15) is 9.59 Å². The van der Waals surface area contributed by atoms with Crippen LogP contribution in [0.1, 0.15) is 48.0 Å². The molecule has 0 radical (unpaired) electrons. The maximum absolute atomic E-state index is 13.3. The van der Waals surface area contributed by atoms with Gasteiger partial charge in [0.1, 0.15) is 18.1 Å². The number of piperidine rings is 2. The minimum Gasteiger partial charge on any atom is -0.497 e. The second kappa shape index (κ2) is 9.41. The molecule has 2 aromatic rings. The van der Waals surface area contributed by atoms with E-state index in [-0.39, 0.29) is 36.5 Å². The molecule has 4 rings (SSSR count). The second-order valence-electron chi connectivity index (χ2n) is 8.32.